The number of rotatable bonds is 4. The van der Waals surface area contributed by atoms with E-state index in [9.17, 15) is 13.6 Å². The largest absolute Gasteiger partial charge is 0.356 e. The maximum Gasteiger partial charge on any atom is 0.267 e. The molecule has 2 aromatic carbocycles. The number of aromatic amines is 2. The number of para-hydroxylation sites is 1. The van der Waals surface area contributed by atoms with Gasteiger partial charge in [-0.05, 0) is 43.2 Å². The monoisotopic (exact) mass is 431 g/mol. The Balaban J connectivity index is 1.51. The maximum atomic E-state index is 14.1. The highest BCUT2D eigenvalue weighted by molar-refractivity contribution is 9.10. The van der Waals surface area contributed by atoms with Gasteiger partial charge < -0.3 is 15.3 Å². The van der Waals surface area contributed by atoms with Crippen LogP contribution in [0.3, 0.4) is 0 Å². The first-order chi connectivity index (χ1) is 12.9. The van der Waals surface area contributed by atoms with Gasteiger partial charge in [-0.15, -0.1) is 0 Å². The van der Waals surface area contributed by atoms with Crippen LogP contribution in [0.1, 0.15) is 21.7 Å². The van der Waals surface area contributed by atoms with E-state index >= 15 is 0 Å². The zero-order valence-electron chi connectivity index (χ0n) is 14.4. The van der Waals surface area contributed by atoms with Gasteiger partial charge in [0.2, 0.25) is 0 Å². The summed E-state index contributed by atoms with van der Waals surface area (Å²) < 4.78 is 28.5. The molecule has 1 amide bonds. The van der Waals surface area contributed by atoms with E-state index in [4.69, 9.17) is 0 Å². The second-order valence-electron chi connectivity index (χ2n) is 6.43. The van der Waals surface area contributed by atoms with Crippen LogP contribution in [0.4, 0.5) is 8.78 Å². The van der Waals surface area contributed by atoms with E-state index in [0.717, 1.165) is 16.6 Å². The Morgan fingerprint density at radius 1 is 1.11 bits per heavy atom. The average molecular weight is 432 g/mol. The normalized spacial score (nSPS) is 11.4. The van der Waals surface area contributed by atoms with Crippen molar-refractivity contribution >= 4 is 43.6 Å². The van der Waals surface area contributed by atoms with E-state index in [-0.39, 0.29) is 11.7 Å². The number of aryl methyl sites for hydroxylation is 1. The molecule has 0 fully saturated rings. The van der Waals surface area contributed by atoms with Gasteiger partial charge in [-0.2, -0.15) is 0 Å². The van der Waals surface area contributed by atoms with Crippen LogP contribution in [-0.4, -0.2) is 22.4 Å². The Morgan fingerprint density at radius 2 is 1.93 bits per heavy atom. The Labute approximate surface area is 162 Å². The van der Waals surface area contributed by atoms with E-state index in [0.29, 0.717) is 39.6 Å². The zero-order chi connectivity index (χ0) is 19.1. The minimum absolute atomic E-state index is 0.305. The van der Waals surface area contributed by atoms with Crippen molar-refractivity contribution in [1.82, 2.24) is 15.3 Å². The maximum absolute atomic E-state index is 14.1. The highest BCUT2D eigenvalue weighted by atomic mass is 79.9. The number of carbonyl (C=O) groups excluding carboxylic acids is 1. The standard InChI is InChI=1S/C20H16BrF2N3O/c1-10-13(14-8-12(21)9-16(23)19(14)25-10)5-6-24-20(27)17-7-11-3-2-4-15(22)18(11)26-17/h2-4,7-9,25-26H,5-6H2,1H3,(H,24,27). The van der Waals surface area contributed by atoms with Crippen molar-refractivity contribution in [2.24, 2.45) is 0 Å². The molecule has 0 spiro atoms. The van der Waals surface area contributed by atoms with Crippen LogP contribution in [0.25, 0.3) is 21.8 Å². The third-order valence-corrected chi connectivity index (χ3v) is 5.11. The van der Waals surface area contributed by atoms with Gasteiger partial charge in [0, 0.05) is 27.5 Å². The topological polar surface area (TPSA) is 60.7 Å². The summed E-state index contributed by atoms with van der Waals surface area (Å²) in [4.78, 5) is 18.2. The molecule has 0 aliphatic carbocycles. The number of aromatic nitrogens is 2. The smallest absolute Gasteiger partial charge is 0.267 e. The lowest BCUT2D eigenvalue weighted by atomic mass is 10.1. The summed E-state index contributed by atoms with van der Waals surface area (Å²) >= 11 is 3.31. The molecule has 7 heteroatoms. The molecule has 4 nitrogen and oxygen atoms in total. The second-order valence-corrected chi connectivity index (χ2v) is 7.35. The number of nitrogens with one attached hydrogen (secondary N) is 3. The molecule has 0 saturated heterocycles. The van der Waals surface area contributed by atoms with Gasteiger partial charge in [-0.1, -0.05) is 28.1 Å². The lowest BCUT2D eigenvalue weighted by Gasteiger charge is -2.05. The van der Waals surface area contributed by atoms with Gasteiger partial charge in [0.25, 0.3) is 5.91 Å². The van der Waals surface area contributed by atoms with E-state index in [1.54, 1.807) is 18.2 Å². The van der Waals surface area contributed by atoms with Crippen LogP contribution in [0, 0.1) is 18.6 Å². The van der Waals surface area contributed by atoms with Crippen molar-refractivity contribution in [2.75, 3.05) is 6.54 Å². The lowest BCUT2D eigenvalue weighted by Crippen LogP contribution is -2.26. The molecule has 4 rings (SSSR count). The number of hydrogen-bond donors (Lipinski definition) is 3. The molecule has 0 unspecified atom stereocenters. The first-order valence-corrected chi connectivity index (χ1v) is 9.25. The van der Waals surface area contributed by atoms with Gasteiger partial charge in [-0.25, -0.2) is 8.78 Å². The van der Waals surface area contributed by atoms with Crippen molar-refractivity contribution < 1.29 is 13.6 Å². The summed E-state index contributed by atoms with van der Waals surface area (Å²) in [6.45, 7) is 2.25. The predicted molar refractivity (Wildman–Crippen MR) is 105 cm³/mol. The highest BCUT2D eigenvalue weighted by Gasteiger charge is 2.14. The molecule has 3 N–H and O–H groups in total. The Morgan fingerprint density at radius 3 is 2.70 bits per heavy atom. The summed E-state index contributed by atoms with van der Waals surface area (Å²) in [5.74, 6) is -1.03. The van der Waals surface area contributed by atoms with Gasteiger partial charge >= 0.3 is 0 Å². The molecule has 0 aliphatic heterocycles. The third kappa shape index (κ3) is 3.23. The molecular weight excluding hydrogens is 416 g/mol. The number of H-pyrrole nitrogens is 2. The number of amides is 1. The van der Waals surface area contributed by atoms with Gasteiger partial charge in [0.1, 0.15) is 17.3 Å². The van der Waals surface area contributed by atoms with Gasteiger partial charge in [0.15, 0.2) is 0 Å². The number of carbonyl (C=O) groups is 1. The molecule has 0 aliphatic rings. The highest BCUT2D eigenvalue weighted by Crippen LogP contribution is 2.28. The molecule has 0 radical (unpaired) electrons. The summed E-state index contributed by atoms with van der Waals surface area (Å²) in [5, 5.41) is 4.27. The number of halogens is 3. The van der Waals surface area contributed by atoms with E-state index in [1.807, 2.05) is 13.0 Å². The van der Waals surface area contributed by atoms with Crippen LogP contribution < -0.4 is 5.32 Å². The van der Waals surface area contributed by atoms with Gasteiger partial charge in [0.05, 0.1) is 11.0 Å². The van der Waals surface area contributed by atoms with Crippen LogP contribution in [-0.2, 0) is 6.42 Å². The van der Waals surface area contributed by atoms with E-state index in [2.05, 4.69) is 31.2 Å². The number of hydrogen-bond acceptors (Lipinski definition) is 1. The molecule has 2 aromatic heterocycles. The van der Waals surface area contributed by atoms with E-state index in [1.165, 1.54) is 12.1 Å². The summed E-state index contributed by atoms with van der Waals surface area (Å²) in [6, 6.07) is 9.59. The molecule has 0 saturated carbocycles. The molecule has 0 bridgehead atoms. The quantitative estimate of drug-likeness (QED) is 0.419. The molecule has 0 atom stereocenters. The number of fused-ring (bicyclic) bond motifs is 2. The molecule has 4 aromatic rings. The molecular formula is C20H16BrF2N3O. The van der Waals surface area contributed by atoms with Crippen LogP contribution in [0.2, 0.25) is 0 Å². The summed E-state index contributed by atoms with van der Waals surface area (Å²) in [6.07, 6.45) is 0.544. The number of benzene rings is 2. The Kier molecular flexibility index (Phi) is 4.47. The van der Waals surface area contributed by atoms with Gasteiger partial charge in [-0.3, -0.25) is 4.79 Å². The van der Waals surface area contributed by atoms with Crippen molar-refractivity contribution in [3.8, 4) is 0 Å². The first kappa shape index (κ1) is 17.7. The molecule has 27 heavy (non-hydrogen) atoms. The Hall–Kier alpha value is -2.67. The van der Waals surface area contributed by atoms with Crippen molar-refractivity contribution in [2.45, 2.75) is 13.3 Å². The summed E-state index contributed by atoms with van der Waals surface area (Å²) in [7, 11) is 0. The predicted octanol–water partition coefficient (Wildman–Crippen LogP) is 4.97. The fourth-order valence-corrected chi connectivity index (χ4v) is 3.79. The third-order valence-electron chi connectivity index (χ3n) is 4.66. The second kappa shape index (κ2) is 6.81. The minimum atomic E-state index is -0.395. The van der Waals surface area contributed by atoms with Crippen molar-refractivity contribution in [3.63, 3.8) is 0 Å². The summed E-state index contributed by atoms with van der Waals surface area (Å²) in [5.41, 5.74) is 2.90. The fourth-order valence-electron chi connectivity index (χ4n) is 3.36. The zero-order valence-corrected chi connectivity index (χ0v) is 16.0. The minimum Gasteiger partial charge on any atom is -0.356 e. The molecule has 2 heterocycles. The van der Waals surface area contributed by atoms with Crippen molar-refractivity contribution in [3.05, 3.63) is 69.5 Å². The first-order valence-electron chi connectivity index (χ1n) is 8.45. The fraction of sp³-hybridized carbons (Fsp3) is 0.150. The van der Waals surface area contributed by atoms with Crippen molar-refractivity contribution in [1.29, 1.82) is 0 Å². The SMILES string of the molecule is Cc1[nH]c2c(F)cc(Br)cc2c1CCNC(=O)c1cc2cccc(F)c2[nH]1. The van der Waals surface area contributed by atoms with Crippen LogP contribution >= 0.6 is 15.9 Å². The average Bonchev–Trinajstić information content (AvgIpc) is 3.18. The van der Waals surface area contributed by atoms with Crippen LogP contribution in [0.15, 0.2) is 40.9 Å². The lowest BCUT2D eigenvalue weighted by molar-refractivity contribution is 0.0950. The van der Waals surface area contributed by atoms with Crippen LogP contribution in [0.5, 0.6) is 0 Å². The molecule has 138 valence electrons. The van der Waals surface area contributed by atoms with E-state index < -0.39 is 5.82 Å². The Bertz CT molecular complexity index is 1180.